The highest BCUT2D eigenvalue weighted by molar-refractivity contribution is 7.20. The molecule has 8 heteroatoms. The van der Waals surface area contributed by atoms with Crippen LogP contribution in [-0.4, -0.2) is 47.4 Å². The Bertz CT molecular complexity index is 999. The van der Waals surface area contributed by atoms with E-state index in [9.17, 15) is 4.79 Å². The predicted molar refractivity (Wildman–Crippen MR) is 104 cm³/mol. The molecule has 1 aliphatic heterocycles. The maximum Gasteiger partial charge on any atom is 0.275 e. The SMILES string of the molecule is CCN1C[C@H](CN(C)c2nn3c(=O)cc(C)nc3s2)Oc2ccccc21. The maximum atomic E-state index is 12.1. The van der Waals surface area contributed by atoms with Gasteiger partial charge >= 0.3 is 0 Å². The molecule has 4 rings (SSSR count). The molecule has 0 aliphatic carbocycles. The van der Waals surface area contributed by atoms with Crippen LogP contribution in [0.15, 0.2) is 35.1 Å². The van der Waals surface area contributed by atoms with Gasteiger partial charge in [-0.2, -0.15) is 4.52 Å². The van der Waals surface area contributed by atoms with Crippen molar-refractivity contribution in [1.29, 1.82) is 0 Å². The van der Waals surface area contributed by atoms with E-state index in [0.29, 0.717) is 17.2 Å². The number of benzene rings is 1. The summed E-state index contributed by atoms with van der Waals surface area (Å²) in [7, 11) is 1.97. The monoisotopic (exact) mass is 371 g/mol. The molecule has 0 spiro atoms. The van der Waals surface area contributed by atoms with Crippen molar-refractivity contribution in [3.63, 3.8) is 0 Å². The van der Waals surface area contributed by atoms with Crippen molar-refractivity contribution < 1.29 is 4.74 Å². The number of aryl methyl sites for hydroxylation is 1. The molecule has 0 saturated heterocycles. The van der Waals surface area contributed by atoms with E-state index in [0.717, 1.165) is 29.7 Å². The fourth-order valence-electron chi connectivity index (χ4n) is 3.22. The number of anilines is 2. The summed E-state index contributed by atoms with van der Waals surface area (Å²) < 4.78 is 7.54. The average Bonchev–Trinajstić information content (AvgIpc) is 3.05. The minimum Gasteiger partial charge on any atom is -0.485 e. The molecule has 3 heterocycles. The van der Waals surface area contributed by atoms with Gasteiger partial charge in [0.25, 0.3) is 5.56 Å². The zero-order valence-corrected chi connectivity index (χ0v) is 15.9. The number of hydrogen-bond acceptors (Lipinski definition) is 7. The summed E-state index contributed by atoms with van der Waals surface area (Å²) in [5.41, 5.74) is 1.70. The minimum absolute atomic E-state index is 0.0216. The first-order valence-electron chi connectivity index (χ1n) is 8.64. The van der Waals surface area contributed by atoms with Crippen molar-refractivity contribution in [2.45, 2.75) is 20.0 Å². The smallest absolute Gasteiger partial charge is 0.275 e. The number of aromatic nitrogens is 3. The second-order valence-electron chi connectivity index (χ2n) is 6.44. The second kappa shape index (κ2) is 6.60. The molecule has 0 saturated carbocycles. The first kappa shape index (κ1) is 16.8. The van der Waals surface area contributed by atoms with Gasteiger partial charge in [0.05, 0.1) is 18.8 Å². The zero-order valence-electron chi connectivity index (χ0n) is 15.0. The van der Waals surface area contributed by atoms with Gasteiger partial charge in [0.15, 0.2) is 0 Å². The van der Waals surface area contributed by atoms with Gasteiger partial charge in [0, 0.05) is 25.4 Å². The van der Waals surface area contributed by atoms with Crippen LogP contribution < -0.4 is 20.1 Å². The molecule has 3 aromatic rings. The van der Waals surface area contributed by atoms with Gasteiger partial charge in [-0.3, -0.25) is 4.79 Å². The Kier molecular flexibility index (Phi) is 4.28. The Labute approximate surface area is 155 Å². The summed E-state index contributed by atoms with van der Waals surface area (Å²) in [6, 6.07) is 9.62. The number of likely N-dealkylation sites (N-methyl/N-ethyl adjacent to an activating group) is 2. The van der Waals surface area contributed by atoms with Crippen molar-refractivity contribution in [3.05, 3.63) is 46.4 Å². The zero-order chi connectivity index (χ0) is 18.3. The van der Waals surface area contributed by atoms with Gasteiger partial charge in [0.1, 0.15) is 11.9 Å². The topological polar surface area (TPSA) is 63.0 Å². The van der Waals surface area contributed by atoms with E-state index < -0.39 is 0 Å². The maximum absolute atomic E-state index is 12.1. The Hall–Kier alpha value is -2.61. The van der Waals surface area contributed by atoms with E-state index in [1.54, 1.807) is 0 Å². The van der Waals surface area contributed by atoms with E-state index in [2.05, 4.69) is 28.0 Å². The molecule has 0 fully saturated rings. The summed E-state index contributed by atoms with van der Waals surface area (Å²) >= 11 is 1.41. The Balaban J connectivity index is 1.56. The van der Waals surface area contributed by atoms with Gasteiger partial charge in [-0.15, -0.1) is 5.10 Å². The molecule has 1 aliphatic rings. The lowest BCUT2D eigenvalue weighted by Crippen LogP contribution is -2.45. The normalized spacial score (nSPS) is 16.4. The Morgan fingerprint density at radius 1 is 1.38 bits per heavy atom. The van der Waals surface area contributed by atoms with Crippen molar-refractivity contribution in [3.8, 4) is 5.75 Å². The molecule has 0 unspecified atom stereocenters. The summed E-state index contributed by atoms with van der Waals surface area (Å²) in [5, 5.41) is 5.17. The number of rotatable bonds is 4. The van der Waals surface area contributed by atoms with Gasteiger partial charge in [-0.25, -0.2) is 4.98 Å². The van der Waals surface area contributed by atoms with Crippen molar-refractivity contribution in [1.82, 2.24) is 14.6 Å². The van der Waals surface area contributed by atoms with Crippen molar-refractivity contribution in [2.24, 2.45) is 0 Å². The van der Waals surface area contributed by atoms with Gasteiger partial charge in [-0.05, 0) is 26.0 Å². The van der Waals surface area contributed by atoms with E-state index >= 15 is 0 Å². The molecule has 2 aromatic heterocycles. The highest BCUT2D eigenvalue weighted by Crippen LogP contribution is 2.33. The number of ether oxygens (including phenoxy) is 1. The molecule has 0 radical (unpaired) electrons. The standard InChI is InChI=1S/C18H21N5O2S/c1-4-22-11-13(25-15-8-6-5-7-14(15)22)10-21(3)18-20-23-16(24)9-12(2)19-17(23)26-18/h5-9,13H,4,10-11H2,1-3H3/t13-/m0/s1. The lowest BCUT2D eigenvalue weighted by Gasteiger charge is -2.37. The number of hydrogen-bond donors (Lipinski definition) is 0. The third kappa shape index (κ3) is 3.01. The van der Waals surface area contributed by atoms with Crippen LogP contribution in [0.5, 0.6) is 5.75 Å². The lowest BCUT2D eigenvalue weighted by atomic mass is 10.2. The van der Waals surface area contributed by atoms with Crippen LogP contribution in [0.1, 0.15) is 12.6 Å². The molecule has 136 valence electrons. The summed E-state index contributed by atoms with van der Waals surface area (Å²) in [5.74, 6) is 0.914. The molecule has 0 N–H and O–H groups in total. The van der Waals surface area contributed by atoms with Crippen LogP contribution in [-0.2, 0) is 0 Å². The second-order valence-corrected chi connectivity index (χ2v) is 7.38. The van der Waals surface area contributed by atoms with E-state index in [1.165, 1.54) is 21.9 Å². The largest absolute Gasteiger partial charge is 0.485 e. The van der Waals surface area contributed by atoms with Crippen molar-refractivity contribution >= 4 is 27.1 Å². The minimum atomic E-state index is -0.150. The first-order chi connectivity index (χ1) is 12.5. The molecule has 26 heavy (non-hydrogen) atoms. The van der Waals surface area contributed by atoms with Crippen molar-refractivity contribution in [2.75, 3.05) is 36.5 Å². The van der Waals surface area contributed by atoms with Crippen LogP contribution in [0.3, 0.4) is 0 Å². The highest BCUT2D eigenvalue weighted by atomic mass is 32.1. The molecule has 7 nitrogen and oxygen atoms in total. The summed E-state index contributed by atoms with van der Waals surface area (Å²) in [4.78, 5) is 21.4. The lowest BCUT2D eigenvalue weighted by molar-refractivity contribution is 0.200. The average molecular weight is 371 g/mol. The van der Waals surface area contributed by atoms with E-state index in [1.807, 2.05) is 37.1 Å². The van der Waals surface area contributed by atoms with Gasteiger partial charge < -0.3 is 14.5 Å². The van der Waals surface area contributed by atoms with Crippen LogP contribution in [0, 0.1) is 6.92 Å². The fraction of sp³-hybridized carbons (Fsp3) is 0.389. The van der Waals surface area contributed by atoms with E-state index in [-0.39, 0.29) is 11.7 Å². The predicted octanol–water partition coefficient (Wildman–Crippen LogP) is 2.18. The number of fused-ring (bicyclic) bond motifs is 2. The van der Waals surface area contributed by atoms with Crippen LogP contribution >= 0.6 is 11.3 Å². The molecular formula is C18H21N5O2S. The molecule has 1 atom stereocenters. The van der Waals surface area contributed by atoms with E-state index in [4.69, 9.17) is 4.74 Å². The van der Waals surface area contributed by atoms with Crippen LogP contribution in [0.2, 0.25) is 0 Å². The first-order valence-corrected chi connectivity index (χ1v) is 9.46. The third-order valence-electron chi connectivity index (χ3n) is 4.47. The van der Waals surface area contributed by atoms with Crippen LogP contribution in [0.25, 0.3) is 4.96 Å². The summed E-state index contributed by atoms with van der Waals surface area (Å²) in [6.45, 7) is 6.40. The quantitative estimate of drug-likeness (QED) is 0.701. The van der Waals surface area contributed by atoms with Crippen LogP contribution in [0.4, 0.5) is 10.8 Å². The molecule has 0 bridgehead atoms. The number of nitrogens with zero attached hydrogens (tertiary/aromatic N) is 5. The van der Waals surface area contributed by atoms with Gasteiger partial charge in [0.2, 0.25) is 10.1 Å². The molecular weight excluding hydrogens is 350 g/mol. The molecule has 0 amide bonds. The number of para-hydroxylation sites is 2. The summed E-state index contributed by atoms with van der Waals surface area (Å²) in [6.07, 6.45) is 0.0216. The Morgan fingerprint density at radius 2 is 2.19 bits per heavy atom. The highest BCUT2D eigenvalue weighted by Gasteiger charge is 2.26. The van der Waals surface area contributed by atoms with Gasteiger partial charge in [-0.1, -0.05) is 23.5 Å². The molecule has 1 aromatic carbocycles. The third-order valence-corrected chi connectivity index (χ3v) is 5.49. The fourth-order valence-corrected chi connectivity index (χ4v) is 4.14. The Morgan fingerprint density at radius 3 is 3.00 bits per heavy atom.